The molecule has 1 heterocycles. The zero-order valence-electron chi connectivity index (χ0n) is 14.8. The van der Waals surface area contributed by atoms with Crippen LogP contribution >= 0.6 is 27.5 Å². The molecule has 0 aliphatic heterocycles. The summed E-state index contributed by atoms with van der Waals surface area (Å²) in [6.45, 7) is 0. The van der Waals surface area contributed by atoms with Gasteiger partial charge in [0.15, 0.2) is 0 Å². The van der Waals surface area contributed by atoms with Crippen LogP contribution in [0.3, 0.4) is 0 Å². The average Bonchev–Trinajstić information content (AvgIpc) is 3.08. The highest BCUT2D eigenvalue weighted by molar-refractivity contribution is 9.10. The van der Waals surface area contributed by atoms with E-state index in [2.05, 4.69) is 57.2 Å². The Morgan fingerprint density at radius 3 is 2.00 bits per heavy atom. The number of hydrogen-bond donors (Lipinski definition) is 0. The van der Waals surface area contributed by atoms with Crippen molar-refractivity contribution in [2.24, 2.45) is 0 Å². The van der Waals surface area contributed by atoms with Gasteiger partial charge in [-0.2, -0.15) is 0 Å². The van der Waals surface area contributed by atoms with E-state index in [-0.39, 0.29) is 0 Å². The molecule has 0 spiro atoms. The van der Waals surface area contributed by atoms with Crippen LogP contribution in [0.1, 0.15) is 0 Å². The Morgan fingerprint density at radius 2 is 1.36 bits per heavy atom. The summed E-state index contributed by atoms with van der Waals surface area (Å²) in [6.07, 6.45) is 0. The third kappa shape index (κ3) is 2.88. The largest absolute Gasteiger partial charge is 0.456 e. The Bertz CT molecular complexity index is 1240. The molecule has 0 amide bonds. The van der Waals surface area contributed by atoms with Crippen LogP contribution in [0, 0.1) is 0 Å². The molecule has 0 aliphatic carbocycles. The molecule has 5 rings (SSSR count). The second-order valence-electron chi connectivity index (χ2n) is 6.52. The Morgan fingerprint density at radius 1 is 0.714 bits per heavy atom. The normalized spacial score (nSPS) is 11.2. The second kappa shape index (κ2) is 7.01. The van der Waals surface area contributed by atoms with Crippen molar-refractivity contribution in [1.82, 2.24) is 0 Å². The Labute approximate surface area is 176 Å². The van der Waals surface area contributed by atoms with E-state index < -0.39 is 0 Å². The fraction of sp³-hybridized carbons (Fsp3) is 0. The molecule has 4 heteroatoms. The number of para-hydroxylation sites is 2. The lowest BCUT2D eigenvalue weighted by Crippen LogP contribution is -2.10. The van der Waals surface area contributed by atoms with E-state index in [4.69, 9.17) is 16.0 Å². The van der Waals surface area contributed by atoms with E-state index in [1.165, 1.54) is 0 Å². The number of nitrogens with zero attached hydrogens (tertiary/aromatic N) is 1. The molecule has 2 nitrogen and oxygen atoms in total. The maximum absolute atomic E-state index is 6.44. The van der Waals surface area contributed by atoms with Gasteiger partial charge in [0, 0.05) is 32.7 Å². The minimum atomic E-state index is 0.693. The third-order valence-electron chi connectivity index (χ3n) is 4.78. The predicted octanol–water partition coefficient (Wildman–Crippen LogP) is 8.47. The smallest absolute Gasteiger partial charge is 0.137 e. The monoisotopic (exact) mass is 447 g/mol. The molecule has 1 aromatic heterocycles. The van der Waals surface area contributed by atoms with Gasteiger partial charge in [0.2, 0.25) is 0 Å². The van der Waals surface area contributed by atoms with Crippen molar-refractivity contribution < 1.29 is 4.42 Å². The standard InChI is InChI=1S/C24H15BrClNO/c25-19-14-18-23(28-22-13-7-12-20(26)24(18)22)15-21(19)27(16-8-3-1-4-9-16)17-10-5-2-6-11-17/h1-15H. The number of anilines is 3. The fourth-order valence-corrected chi connectivity index (χ4v) is 4.33. The Balaban J connectivity index is 1.78. The molecule has 28 heavy (non-hydrogen) atoms. The molecule has 0 fully saturated rings. The lowest BCUT2D eigenvalue weighted by Gasteiger charge is -2.26. The average molecular weight is 449 g/mol. The summed E-state index contributed by atoms with van der Waals surface area (Å²) >= 11 is 10.2. The first kappa shape index (κ1) is 17.4. The molecule has 4 aromatic carbocycles. The van der Waals surface area contributed by atoms with Gasteiger partial charge in [-0.15, -0.1) is 0 Å². The number of rotatable bonds is 3. The summed E-state index contributed by atoms with van der Waals surface area (Å²) in [5.41, 5.74) is 4.74. The maximum atomic E-state index is 6.44. The van der Waals surface area contributed by atoms with E-state index in [0.717, 1.165) is 43.5 Å². The van der Waals surface area contributed by atoms with Gasteiger partial charge in [-0.25, -0.2) is 0 Å². The number of halogens is 2. The van der Waals surface area contributed by atoms with Gasteiger partial charge in [-0.1, -0.05) is 54.1 Å². The molecule has 136 valence electrons. The molecule has 0 atom stereocenters. The topological polar surface area (TPSA) is 16.4 Å². The van der Waals surface area contributed by atoms with Crippen molar-refractivity contribution in [1.29, 1.82) is 0 Å². The molecule has 0 saturated heterocycles. The van der Waals surface area contributed by atoms with Crippen molar-refractivity contribution in [3.63, 3.8) is 0 Å². The van der Waals surface area contributed by atoms with Crippen LogP contribution in [-0.4, -0.2) is 0 Å². The SMILES string of the molecule is Clc1cccc2oc3cc(N(c4ccccc4)c4ccccc4)c(Br)cc3c12. The lowest BCUT2D eigenvalue weighted by atomic mass is 10.1. The first-order valence-corrected chi connectivity index (χ1v) is 10.1. The molecule has 5 aromatic rings. The van der Waals surface area contributed by atoms with Gasteiger partial charge < -0.3 is 9.32 Å². The molecule has 0 bridgehead atoms. The van der Waals surface area contributed by atoms with Gasteiger partial charge in [-0.05, 0) is 58.4 Å². The fourth-order valence-electron chi connectivity index (χ4n) is 3.54. The summed E-state index contributed by atoms with van der Waals surface area (Å²) < 4.78 is 7.09. The summed E-state index contributed by atoms with van der Waals surface area (Å²) in [5, 5.41) is 2.63. The Kier molecular flexibility index (Phi) is 4.34. The number of benzene rings is 4. The lowest BCUT2D eigenvalue weighted by molar-refractivity contribution is 0.669. The quantitative estimate of drug-likeness (QED) is 0.275. The number of fused-ring (bicyclic) bond motifs is 3. The first-order chi connectivity index (χ1) is 13.7. The van der Waals surface area contributed by atoms with E-state index >= 15 is 0 Å². The zero-order chi connectivity index (χ0) is 19.1. The Hall–Kier alpha value is -2.75. The minimum Gasteiger partial charge on any atom is -0.456 e. The first-order valence-electron chi connectivity index (χ1n) is 8.93. The summed E-state index contributed by atoms with van der Waals surface area (Å²) in [4.78, 5) is 2.21. The van der Waals surface area contributed by atoms with E-state index in [1.54, 1.807) is 0 Å². The summed E-state index contributed by atoms with van der Waals surface area (Å²) in [7, 11) is 0. The summed E-state index contributed by atoms with van der Waals surface area (Å²) in [5.74, 6) is 0. The zero-order valence-corrected chi connectivity index (χ0v) is 17.1. The third-order valence-corrected chi connectivity index (χ3v) is 5.73. The van der Waals surface area contributed by atoms with E-state index in [0.29, 0.717) is 5.02 Å². The molecule has 0 N–H and O–H groups in total. The predicted molar refractivity (Wildman–Crippen MR) is 121 cm³/mol. The van der Waals surface area contributed by atoms with Crippen molar-refractivity contribution in [2.45, 2.75) is 0 Å². The highest BCUT2D eigenvalue weighted by Crippen LogP contribution is 2.43. The molecule has 0 saturated carbocycles. The highest BCUT2D eigenvalue weighted by atomic mass is 79.9. The van der Waals surface area contributed by atoms with Crippen LogP contribution in [0.15, 0.2) is 99.9 Å². The second-order valence-corrected chi connectivity index (χ2v) is 7.78. The van der Waals surface area contributed by atoms with Crippen LogP contribution in [-0.2, 0) is 0 Å². The van der Waals surface area contributed by atoms with Crippen molar-refractivity contribution in [2.75, 3.05) is 4.90 Å². The van der Waals surface area contributed by atoms with Crippen molar-refractivity contribution in [3.8, 4) is 0 Å². The van der Waals surface area contributed by atoms with E-state index in [1.807, 2.05) is 54.6 Å². The van der Waals surface area contributed by atoms with Crippen LogP contribution in [0.2, 0.25) is 5.02 Å². The van der Waals surface area contributed by atoms with Gasteiger partial charge in [0.05, 0.1) is 10.7 Å². The molecular formula is C24H15BrClNO. The minimum absolute atomic E-state index is 0.693. The number of hydrogen-bond acceptors (Lipinski definition) is 2. The molecule has 0 aliphatic rings. The van der Waals surface area contributed by atoms with Gasteiger partial charge in [0.25, 0.3) is 0 Å². The van der Waals surface area contributed by atoms with E-state index in [9.17, 15) is 0 Å². The van der Waals surface area contributed by atoms with Crippen LogP contribution in [0.4, 0.5) is 17.1 Å². The van der Waals surface area contributed by atoms with Gasteiger partial charge >= 0.3 is 0 Å². The molecular weight excluding hydrogens is 434 g/mol. The van der Waals surface area contributed by atoms with Crippen LogP contribution in [0.5, 0.6) is 0 Å². The number of furan rings is 1. The van der Waals surface area contributed by atoms with Crippen molar-refractivity contribution >= 4 is 66.5 Å². The van der Waals surface area contributed by atoms with Crippen LogP contribution in [0.25, 0.3) is 21.9 Å². The van der Waals surface area contributed by atoms with Gasteiger partial charge in [-0.3, -0.25) is 0 Å². The molecule has 0 radical (unpaired) electrons. The van der Waals surface area contributed by atoms with Gasteiger partial charge in [0.1, 0.15) is 11.2 Å². The molecule has 0 unspecified atom stereocenters. The summed E-state index contributed by atoms with van der Waals surface area (Å²) in [6, 6.07) is 30.5. The highest BCUT2D eigenvalue weighted by Gasteiger charge is 2.19. The maximum Gasteiger partial charge on any atom is 0.137 e. The van der Waals surface area contributed by atoms with Crippen molar-refractivity contribution in [3.05, 3.63) is 100 Å². The van der Waals surface area contributed by atoms with Crippen LogP contribution < -0.4 is 4.90 Å².